The molecule has 0 radical (unpaired) electrons. The van der Waals surface area contributed by atoms with Crippen molar-refractivity contribution < 1.29 is 0 Å². The molecule has 0 spiro atoms. The molecule has 0 saturated carbocycles. The SMILES string of the molecule is CCCCCN(c1cc(Cl)c(Cl)cc1N)C(C)C. The van der Waals surface area contributed by atoms with Crippen molar-refractivity contribution in [2.75, 3.05) is 17.2 Å². The number of halogens is 2. The smallest absolute Gasteiger partial charge is 0.0618 e. The average molecular weight is 289 g/mol. The van der Waals surface area contributed by atoms with Gasteiger partial charge in [0.1, 0.15) is 0 Å². The number of nitrogens with two attached hydrogens (primary N) is 1. The van der Waals surface area contributed by atoms with Gasteiger partial charge < -0.3 is 10.6 Å². The quantitative estimate of drug-likeness (QED) is 0.591. The fourth-order valence-corrected chi connectivity index (χ4v) is 2.32. The summed E-state index contributed by atoms with van der Waals surface area (Å²) in [6.07, 6.45) is 3.60. The number of unbranched alkanes of at least 4 members (excludes halogenated alkanes) is 2. The van der Waals surface area contributed by atoms with Crippen LogP contribution in [0.5, 0.6) is 0 Å². The van der Waals surface area contributed by atoms with Crippen LogP contribution in [0.15, 0.2) is 12.1 Å². The first kappa shape index (κ1) is 15.5. The lowest BCUT2D eigenvalue weighted by Crippen LogP contribution is -2.32. The van der Waals surface area contributed by atoms with E-state index >= 15 is 0 Å². The molecule has 1 aromatic rings. The first-order valence-corrected chi connectivity index (χ1v) is 7.24. The van der Waals surface area contributed by atoms with Gasteiger partial charge in [-0.2, -0.15) is 0 Å². The van der Waals surface area contributed by atoms with E-state index in [1.807, 2.05) is 6.07 Å². The highest BCUT2D eigenvalue weighted by molar-refractivity contribution is 6.42. The third-order valence-electron chi connectivity index (χ3n) is 3.00. The summed E-state index contributed by atoms with van der Waals surface area (Å²) < 4.78 is 0. The average Bonchev–Trinajstić information content (AvgIpc) is 2.30. The number of anilines is 2. The zero-order chi connectivity index (χ0) is 13.7. The maximum absolute atomic E-state index is 6.08. The van der Waals surface area contributed by atoms with Crippen molar-refractivity contribution in [1.29, 1.82) is 0 Å². The van der Waals surface area contributed by atoms with Gasteiger partial charge in [0, 0.05) is 12.6 Å². The second kappa shape index (κ2) is 7.10. The lowest BCUT2D eigenvalue weighted by atomic mass is 10.1. The molecule has 0 aliphatic heterocycles. The highest BCUT2D eigenvalue weighted by Gasteiger charge is 2.15. The molecular weight excluding hydrogens is 267 g/mol. The van der Waals surface area contributed by atoms with Crippen LogP contribution in [0.4, 0.5) is 11.4 Å². The summed E-state index contributed by atoms with van der Waals surface area (Å²) in [6, 6.07) is 3.99. The summed E-state index contributed by atoms with van der Waals surface area (Å²) in [5.41, 5.74) is 7.72. The van der Waals surface area contributed by atoms with Crippen LogP contribution in [0.25, 0.3) is 0 Å². The molecule has 0 heterocycles. The summed E-state index contributed by atoms with van der Waals surface area (Å²) in [4.78, 5) is 2.28. The molecule has 0 fully saturated rings. The summed E-state index contributed by atoms with van der Waals surface area (Å²) in [5, 5.41) is 1.07. The summed E-state index contributed by atoms with van der Waals surface area (Å²) >= 11 is 12.0. The molecule has 0 unspecified atom stereocenters. The Morgan fingerprint density at radius 3 is 2.33 bits per heavy atom. The van der Waals surface area contributed by atoms with Crippen molar-refractivity contribution >= 4 is 34.6 Å². The van der Waals surface area contributed by atoms with Gasteiger partial charge in [-0.1, -0.05) is 43.0 Å². The van der Waals surface area contributed by atoms with Crippen LogP contribution >= 0.6 is 23.2 Å². The zero-order valence-corrected chi connectivity index (χ0v) is 12.9. The molecule has 2 nitrogen and oxygen atoms in total. The molecule has 4 heteroatoms. The highest BCUT2D eigenvalue weighted by Crippen LogP contribution is 2.34. The highest BCUT2D eigenvalue weighted by atomic mass is 35.5. The number of benzene rings is 1. The van der Waals surface area contributed by atoms with Gasteiger partial charge in [-0.05, 0) is 32.4 Å². The van der Waals surface area contributed by atoms with Crippen molar-refractivity contribution in [3.63, 3.8) is 0 Å². The van der Waals surface area contributed by atoms with Crippen LogP contribution in [0, 0.1) is 0 Å². The Labute approximate surface area is 120 Å². The maximum Gasteiger partial charge on any atom is 0.0618 e. The van der Waals surface area contributed by atoms with Gasteiger partial charge in [-0.3, -0.25) is 0 Å². The fourth-order valence-electron chi connectivity index (χ4n) is 1.99. The van der Waals surface area contributed by atoms with E-state index in [9.17, 15) is 0 Å². The van der Waals surface area contributed by atoms with E-state index in [1.165, 1.54) is 12.8 Å². The van der Waals surface area contributed by atoms with Gasteiger partial charge in [0.15, 0.2) is 0 Å². The Balaban J connectivity index is 2.95. The topological polar surface area (TPSA) is 29.3 Å². The second-order valence-electron chi connectivity index (χ2n) is 4.82. The standard InChI is InChI=1S/C14H22Cl2N2/c1-4-5-6-7-18(10(2)3)14-9-12(16)11(15)8-13(14)17/h8-10H,4-7,17H2,1-3H3. The molecule has 18 heavy (non-hydrogen) atoms. The molecular formula is C14H22Cl2N2. The number of rotatable bonds is 6. The van der Waals surface area contributed by atoms with Crippen LogP contribution in [0.2, 0.25) is 10.0 Å². The van der Waals surface area contributed by atoms with E-state index in [0.29, 0.717) is 21.8 Å². The van der Waals surface area contributed by atoms with E-state index in [2.05, 4.69) is 25.7 Å². The van der Waals surface area contributed by atoms with Crippen molar-refractivity contribution in [2.24, 2.45) is 0 Å². The Kier molecular flexibility index (Phi) is 6.10. The molecule has 2 N–H and O–H groups in total. The van der Waals surface area contributed by atoms with Gasteiger partial charge >= 0.3 is 0 Å². The van der Waals surface area contributed by atoms with E-state index < -0.39 is 0 Å². The first-order chi connectivity index (χ1) is 8.47. The molecule has 0 aliphatic rings. The van der Waals surface area contributed by atoms with E-state index in [1.54, 1.807) is 6.07 Å². The van der Waals surface area contributed by atoms with Gasteiger partial charge in [0.05, 0.1) is 21.4 Å². The van der Waals surface area contributed by atoms with Crippen molar-refractivity contribution in [1.82, 2.24) is 0 Å². The van der Waals surface area contributed by atoms with Crippen LogP contribution in [-0.2, 0) is 0 Å². The van der Waals surface area contributed by atoms with Crippen molar-refractivity contribution in [3.05, 3.63) is 22.2 Å². The lowest BCUT2D eigenvalue weighted by Gasteiger charge is -2.30. The summed E-state index contributed by atoms with van der Waals surface area (Å²) in [6.45, 7) is 7.52. The third kappa shape index (κ3) is 3.96. The number of hydrogen-bond acceptors (Lipinski definition) is 2. The van der Waals surface area contributed by atoms with Gasteiger partial charge in [-0.15, -0.1) is 0 Å². The minimum Gasteiger partial charge on any atom is -0.397 e. The first-order valence-electron chi connectivity index (χ1n) is 6.48. The monoisotopic (exact) mass is 288 g/mol. The second-order valence-corrected chi connectivity index (χ2v) is 5.63. The predicted octanol–water partition coefficient (Wildman–Crippen LogP) is 4.98. The largest absolute Gasteiger partial charge is 0.397 e. The molecule has 102 valence electrons. The molecule has 0 aliphatic carbocycles. The van der Waals surface area contributed by atoms with E-state index in [4.69, 9.17) is 28.9 Å². The van der Waals surface area contributed by atoms with Crippen LogP contribution < -0.4 is 10.6 Å². The van der Waals surface area contributed by atoms with Gasteiger partial charge in [0.2, 0.25) is 0 Å². The third-order valence-corrected chi connectivity index (χ3v) is 3.73. The van der Waals surface area contributed by atoms with Gasteiger partial charge in [-0.25, -0.2) is 0 Å². The number of hydrogen-bond donors (Lipinski definition) is 1. The van der Waals surface area contributed by atoms with E-state index in [-0.39, 0.29) is 0 Å². The predicted molar refractivity (Wildman–Crippen MR) is 82.9 cm³/mol. The van der Waals surface area contributed by atoms with Crippen molar-refractivity contribution in [3.8, 4) is 0 Å². The summed E-state index contributed by atoms with van der Waals surface area (Å²) in [7, 11) is 0. The Morgan fingerprint density at radius 1 is 1.17 bits per heavy atom. The minimum absolute atomic E-state index is 0.390. The van der Waals surface area contributed by atoms with Crippen LogP contribution in [0.1, 0.15) is 40.0 Å². The lowest BCUT2D eigenvalue weighted by molar-refractivity contribution is 0.626. The van der Waals surface area contributed by atoms with E-state index in [0.717, 1.165) is 18.7 Å². The molecule has 0 aromatic heterocycles. The number of nitrogens with zero attached hydrogens (tertiary/aromatic N) is 1. The van der Waals surface area contributed by atoms with Crippen LogP contribution in [0.3, 0.4) is 0 Å². The molecule has 0 atom stereocenters. The molecule has 1 rings (SSSR count). The van der Waals surface area contributed by atoms with Crippen LogP contribution in [-0.4, -0.2) is 12.6 Å². The Morgan fingerprint density at radius 2 is 1.78 bits per heavy atom. The maximum atomic E-state index is 6.08. The molecule has 0 saturated heterocycles. The normalized spacial score (nSPS) is 11.0. The Hall–Kier alpha value is -0.600. The zero-order valence-electron chi connectivity index (χ0n) is 11.3. The fraction of sp³-hybridized carbons (Fsp3) is 0.571. The minimum atomic E-state index is 0.390. The summed E-state index contributed by atoms with van der Waals surface area (Å²) in [5.74, 6) is 0. The molecule has 0 bridgehead atoms. The Bertz CT molecular complexity index is 392. The van der Waals surface area contributed by atoms with Crippen molar-refractivity contribution in [2.45, 2.75) is 46.1 Å². The molecule has 0 amide bonds. The number of nitrogen functional groups attached to an aromatic ring is 1. The van der Waals surface area contributed by atoms with Gasteiger partial charge in [0.25, 0.3) is 0 Å². The molecule has 1 aromatic carbocycles.